The van der Waals surface area contributed by atoms with Crippen LogP contribution in [0, 0.1) is 29.1 Å². The summed E-state index contributed by atoms with van der Waals surface area (Å²) in [5.74, 6) is 1.15. The van der Waals surface area contributed by atoms with E-state index >= 15 is 0 Å². The number of hydrogen-bond acceptors (Lipinski definition) is 4. The second kappa shape index (κ2) is 8.76. The van der Waals surface area contributed by atoms with Gasteiger partial charge in [0.05, 0.1) is 30.4 Å². The van der Waals surface area contributed by atoms with Gasteiger partial charge < -0.3 is 10.1 Å². The number of nitriles is 1. The van der Waals surface area contributed by atoms with Crippen LogP contribution in [-0.2, 0) is 17.5 Å². The summed E-state index contributed by atoms with van der Waals surface area (Å²) < 4.78 is 45.6. The average Bonchev–Trinajstić information content (AvgIpc) is 3.33. The lowest BCUT2D eigenvalue weighted by Crippen LogP contribution is -2.45. The summed E-state index contributed by atoms with van der Waals surface area (Å²) in [7, 11) is 0. The third kappa shape index (κ3) is 4.56. The Morgan fingerprint density at radius 2 is 1.94 bits per heavy atom. The van der Waals surface area contributed by atoms with Crippen LogP contribution in [-0.4, -0.2) is 17.9 Å². The van der Waals surface area contributed by atoms with Gasteiger partial charge in [0.1, 0.15) is 0 Å². The molecule has 7 heteroatoms. The summed E-state index contributed by atoms with van der Waals surface area (Å²) in [5, 5.41) is 12.2. The third-order valence-corrected chi connectivity index (χ3v) is 7.63. The minimum absolute atomic E-state index is 0.204. The van der Waals surface area contributed by atoms with E-state index in [0.717, 1.165) is 30.9 Å². The summed E-state index contributed by atoms with van der Waals surface area (Å²) in [6.45, 7) is 1.56. The van der Waals surface area contributed by atoms with E-state index in [2.05, 4.69) is 5.32 Å². The maximum Gasteiger partial charge on any atom is 0.417 e. The zero-order chi connectivity index (χ0) is 22.1. The molecular formula is C24H25F3N2OS. The Hall–Kier alpha value is -2.17. The number of rotatable bonds is 7. The lowest BCUT2D eigenvalue weighted by Gasteiger charge is -2.40. The number of ether oxygens (including phenoxy) is 1. The molecule has 1 N–H and O–H groups in total. The molecule has 0 spiro atoms. The first-order valence-corrected chi connectivity index (χ1v) is 11.0. The van der Waals surface area contributed by atoms with E-state index in [1.54, 1.807) is 6.07 Å². The number of fused-ring (bicyclic) bond motifs is 2. The number of anilines is 1. The monoisotopic (exact) mass is 446 g/mol. The van der Waals surface area contributed by atoms with Gasteiger partial charge in [-0.1, -0.05) is 30.3 Å². The molecule has 0 radical (unpaired) electrons. The maximum atomic E-state index is 13.3. The summed E-state index contributed by atoms with van der Waals surface area (Å²) in [5.41, 5.74) is 0.205. The summed E-state index contributed by atoms with van der Waals surface area (Å²) in [4.78, 5) is 0. The van der Waals surface area contributed by atoms with Crippen molar-refractivity contribution >= 4 is 18.3 Å². The third-order valence-electron chi connectivity index (χ3n) is 6.81. The first-order chi connectivity index (χ1) is 14.8. The van der Waals surface area contributed by atoms with Crippen molar-refractivity contribution in [1.29, 1.82) is 5.26 Å². The fourth-order valence-electron chi connectivity index (χ4n) is 5.24. The molecule has 0 aromatic heterocycles. The SMILES string of the molecule is N#Cc1ccc(NCC2C3CCC(C3)C2(S)COCc2ccccc2)cc1C(F)(F)F. The van der Waals surface area contributed by atoms with Crippen LogP contribution in [0.3, 0.4) is 0 Å². The molecule has 2 aliphatic rings. The number of benzene rings is 2. The molecule has 164 valence electrons. The Bertz CT molecular complexity index is 960. The van der Waals surface area contributed by atoms with Crippen LogP contribution in [0.2, 0.25) is 0 Å². The standard InChI is InChI=1S/C24H25F3N2OS/c25-24(26,27)21-11-20(9-7-18(21)12-28)29-13-22-17-6-8-19(10-17)23(22,31)15-30-14-16-4-2-1-3-5-16/h1-5,7,9,11,17,19,22,29,31H,6,8,10,13-15H2. The quantitative estimate of drug-likeness (QED) is 0.519. The molecule has 3 nitrogen and oxygen atoms in total. The van der Waals surface area contributed by atoms with Gasteiger partial charge in [0.15, 0.2) is 0 Å². The van der Waals surface area contributed by atoms with Gasteiger partial charge in [-0.2, -0.15) is 31.1 Å². The summed E-state index contributed by atoms with van der Waals surface area (Å²) in [6, 6.07) is 15.4. The number of alkyl halides is 3. The van der Waals surface area contributed by atoms with Crippen molar-refractivity contribution in [2.75, 3.05) is 18.5 Å². The topological polar surface area (TPSA) is 45.0 Å². The van der Waals surface area contributed by atoms with E-state index in [4.69, 9.17) is 22.6 Å². The highest BCUT2D eigenvalue weighted by atomic mass is 32.1. The van der Waals surface area contributed by atoms with Gasteiger partial charge in [0.25, 0.3) is 0 Å². The Balaban J connectivity index is 1.44. The van der Waals surface area contributed by atoms with E-state index < -0.39 is 11.7 Å². The zero-order valence-electron chi connectivity index (χ0n) is 17.0. The molecule has 31 heavy (non-hydrogen) atoms. The summed E-state index contributed by atoms with van der Waals surface area (Å²) in [6.07, 6.45) is -1.23. The Morgan fingerprint density at radius 3 is 2.65 bits per heavy atom. The second-order valence-electron chi connectivity index (χ2n) is 8.60. The van der Waals surface area contributed by atoms with Crippen LogP contribution in [0.15, 0.2) is 48.5 Å². The molecule has 0 heterocycles. The van der Waals surface area contributed by atoms with Crippen LogP contribution < -0.4 is 5.32 Å². The normalized spacial score (nSPS) is 27.3. The average molecular weight is 447 g/mol. The summed E-state index contributed by atoms with van der Waals surface area (Å²) >= 11 is 5.08. The predicted molar refractivity (Wildman–Crippen MR) is 117 cm³/mol. The van der Waals surface area contributed by atoms with E-state index in [9.17, 15) is 13.2 Å². The minimum atomic E-state index is -4.56. The Kier molecular flexibility index (Phi) is 6.23. The highest BCUT2D eigenvalue weighted by Gasteiger charge is 2.56. The van der Waals surface area contributed by atoms with Gasteiger partial charge >= 0.3 is 6.18 Å². The Labute approximate surface area is 186 Å². The molecular weight excluding hydrogens is 421 g/mol. The number of nitrogens with zero attached hydrogens (tertiary/aromatic N) is 1. The van der Waals surface area contributed by atoms with E-state index in [1.807, 2.05) is 30.3 Å². The highest BCUT2D eigenvalue weighted by Crippen LogP contribution is 2.57. The van der Waals surface area contributed by atoms with Gasteiger partial charge in [-0.25, -0.2) is 0 Å². The molecule has 2 aliphatic carbocycles. The van der Waals surface area contributed by atoms with Crippen LogP contribution in [0.4, 0.5) is 18.9 Å². The van der Waals surface area contributed by atoms with E-state index in [1.165, 1.54) is 12.1 Å². The van der Waals surface area contributed by atoms with Gasteiger partial charge in [0.2, 0.25) is 0 Å². The number of nitrogens with one attached hydrogen (secondary N) is 1. The number of thiol groups is 1. The first-order valence-electron chi connectivity index (χ1n) is 10.5. The van der Waals surface area contributed by atoms with E-state index in [-0.39, 0.29) is 16.2 Å². The molecule has 2 bridgehead atoms. The van der Waals surface area contributed by atoms with Crippen LogP contribution >= 0.6 is 12.6 Å². The molecule has 4 rings (SSSR count). The highest BCUT2D eigenvalue weighted by molar-refractivity contribution is 7.81. The van der Waals surface area contributed by atoms with Crippen molar-refractivity contribution < 1.29 is 17.9 Å². The smallest absolute Gasteiger partial charge is 0.385 e. The van der Waals surface area contributed by atoms with E-state index in [0.29, 0.717) is 37.3 Å². The fraction of sp³-hybridized carbons (Fsp3) is 0.458. The number of hydrogen-bond donors (Lipinski definition) is 2. The van der Waals surface area contributed by atoms with Crippen molar-refractivity contribution in [2.45, 2.75) is 36.8 Å². The molecule has 0 aliphatic heterocycles. The lowest BCUT2D eigenvalue weighted by molar-refractivity contribution is -0.137. The van der Waals surface area contributed by atoms with Gasteiger partial charge in [-0.15, -0.1) is 0 Å². The van der Waals surface area contributed by atoms with Gasteiger partial charge in [-0.05, 0) is 60.8 Å². The van der Waals surface area contributed by atoms with Crippen LogP contribution in [0.5, 0.6) is 0 Å². The number of halogens is 3. The molecule has 2 fully saturated rings. The molecule has 4 atom stereocenters. The van der Waals surface area contributed by atoms with Crippen molar-refractivity contribution in [3.05, 3.63) is 65.2 Å². The van der Waals surface area contributed by atoms with Crippen LogP contribution in [0.1, 0.15) is 36.0 Å². The maximum absolute atomic E-state index is 13.3. The Morgan fingerprint density at radius 1 is 1.16 bits per heavy atom. The predicted octanol–water partition coefficient (Wildman–Crippen LogP) is 5.92. The minimum Gasteiger partial charge on any atom is -0.385 e. The first kappa shape index (κ1) is 22.0. The molecule has 2 saturated carbocycles. The van der Waals surface area contributed by atoms with Gasteiger partial charge in [0, 0.05) is 17.0 Å². The molecule has 2 aromatic carbocycles. The second-order valence-corrected chi connectivity index (χ2v) is 9.43. The van der Waals surface area contributed by atoms with Crippen molar-refractivity contribution in [3.8, 4) is 6.07 Å². The molecule has 0 saturated heterocycles. The largest absolute Gasteiger partial charge is 0.417 e. The van der Waals surface area contributed by atoms with Crippen LogP contribution in [0.25, 0.3) is 0 Å². The van der Waals surface area contributed by atoms with Crippen molar-refractivity contribution in [2.24, 2.45) is 17.8 Å². The van der Waals surface area contributed by atoms with Crippen molar-refractivity contribution in [1.82, 2.24) is 0 Å². The fourth-order valence-corrected chi connectivity index (χ4v) is 5.86. The van der Waals surface area contributed by atoms with Gasteiger partial charge in [-0.3, -0.25) is 0 Å². The molecule has 4 unspecified atom stereocenters. The van der Waals surface area contributed by atoms with Crippen molar-refractivity contribution in [3.63, 3.8) is 0 Å². The lowest BCUT2D eigenvalue weighted by atomic mass is 9.78. The molecule has 0 amide bonds. The zero-order valence-corrected chi connectivity index (χ0v) is 17.9. The molecule has 2 aromatic rings.